The summed E-state index contributed by atoms with van der Waals surface area (Å²) in [6.07, 6.45) is 5.91. The van der Waals surface area contributed by atoms with Crippen molar-refractivity contribution in [2.45, 2.75) is 25.7 Å². The highest BCUT2D eigenvalue weighted by Gasteiger charge is 2.28. The molecule has 30 heavy (non-hydrogen) atoms. The van der Waals surface area contributed by atoms with Crippen LogP contribution in [-0.4, -0.2) is 63.8 Å². The molecule has 9 nitrogen and oxygen atoms in total. The fourth-order valence-corrected chi connectivity index (χ4v) is 4.35. The van der Waals surface area contributed by atoms with Crippen molar-refractivity contribution in [2.75, 3.05) is 43.5 Å². The number of ether oxygens (including phenoxy) is 1. The first-order valence-corrected chi connectivity index (χ1v) is 10.4. The topological polar surface area (TPSA) is 87.9 Å². The highest BCUT2D eigenvalue weighted by Crippen LogP contribution is 2.30. The number of methoxy groups -OCH3 is 1. The van der Waals surface area contributed by atoms with Crippen molar-refractivity contribution in [3.05, 3.63) is 41.9 Å². The van der Waals surface area contributed by atoms with E-state index in [1.54, 1.807) is 13.4 Å². The Morgan fingerprint density at radius 2 is 1.90 bits per heavy atom. The van der Waals surface area contributed by atoms with Crippen LogP contribution in [0.5, 0.6) is 5.75 Å². The summed E-state index contributed by atoms with van der Waals surface area (Å²) in [6, 6.07) is 7.34. The lowest BCUT2D eigenvalue weighted by molar-refractivity contribution is 0.208. The molecule has 1 N–H and O–H groups in total. The van der Waals surface area contributed by atoms with Crippen LogP contribution in [0.4, 0.5) is 16.3 Å². The third-order valence-corrected chi connectivity index (χ3v) is 5.89. The van der Waals surface area contributed by atoms with E-state index in [-0.39, 0.29) is 6.03 Å². The Kier molecular flexibility index (Phi) is 4.86. The van der Waals surface area contributed by atoms with Crippen molar-refractivity contribution >= 4 is 23.3 Å². The highest BCUT2D eigenvalue weighted by atomic mass is 16.5. The number of piperazine rings is 1. The molecule has 156 valence electrons. The number of nitrogens with one attached hydrogen (secondary N) is 1. The number of para-hydroxylation sites is 2. The van der Waals surface area contributed by atoms with Crippen LogP contribution < -0.4 is 15.0 Å². The first kappa shape index (κ1) is 18.7. The lowest BCUT2D eigenvalue weighted by Crippen LogP contribution is -2.51. The van der Waals surface area contributed by atoms with Gasteiger partial charge < -0.3 is 19.9 Å². The van der Waals surface area contributed by atoms with Gasteiger partial charge in [0.15, 0.2) is 0 Å². The molecule has 0 bridgehead atoms. The summed E-state index contributed by atoms with van der Waals surface area (Å²) in [4.78, 5) is 26.0. The first-order chi connectivity index (χ1) is 14.7. The van der Waals surface area contributed by atoms with Gasteiger partial charge in [-0.25, -0.2) is 9.78 Å². The van der Waals surface area contributed by atoms with Crippen molar-refractivity contribution in [2.24, 2.45) is 0 Å². The average Bonchev–Trinajstić information content (AvgIpc) is 3.26. The van der Waals surface area contributed by atoms with Crippen molar-refractivity contribution in [3.63, 3.8) is 0 Å². The molecule has 9 heteroatoms. The Hall–Kier alpha value is -3.36. The van der Waals surface area contributed by atoms with Crippen molar-refractivity contribution in [3.8, 4) is 5.75 Å². The molecule has 1 fully saturated rings. The Balaban J connectivity index is 1.33. The number of carbonyl (C=O) groups excluding carboxylic acids is 1. The molecule has 0 unspecified atom stereocenters. The van der Waals surface area contributed by atoms with Gasteiger partial charge in [0.2, 0.25) is 0 Å². The van der Waals surface area contributed by atoms with E-state index in [0.29, 0.717) is 30.3 Å². The molecule has 0 saturated carbocycles. The number of benzene rings is 1. The fraction of sp³-hybridized carbons (Fsp3) is 0.429. The Labute approximate surface area is 174 Å². The standard InChI is InChI=1S/C21H25N7O2/c1-30-18-9-5-4-8-17(18)25-21(29)27-12-10-26(11-13-27)19-15-6-2-3-7-16(15)24-20-22-14-23-28(19)20/h4-5,8-9,14H,2-3,6-7,10-13H2,1H3,(H,25,29). The van der Waals surface area contributed by atoms with Gasteiger partial charge in [0.25, 0.3) is 5.78 Å². The number of anilines is 2. The lowest BCUT2D eigenvalue weighted by atomic mass is 9.96. The van der Waals surface area contributed by atoms with E-state index in [1.807, 2.05) is 33.7 Å². The minimum absolute atomic E-state index is 0.109. The molecule has 0 atom stereocenters. The number of aryl methyl sites for hydroxylation is 1. The van der Waals surface area contributed by atoms with E-state index >= 15 is 0 Å². The number of aromatic nitrogens is 4. The van der Waals surface area contributed by atoms with Gasteiger partial charge >= 0.3 is 6.03 Å². The summed E-state index contributed by atoms with van der Waals surface area (Å²) in [6.45, 7) is 2.75. The smallest absolute Gasteiger partial charge is 0.322 e. The fourth-order valence-electron chi connectivity index (χ4n) is 4.35. The van der Waals surface area contributed by atoms with E-state index in [4.69, 9.17) is 9.72 Å². The van der Waals surface area contributed by atoms with Crippen LogP contribution in [-0.2, 0) is 12.8 Å². The zero-order chi connectivity index (χ0) is 20.5. The third kappa shape index (κ3) is 3.30. The van der Waals surface area contributed by atoms with Crippen LogP contribution in [0, 0.1) is 0 Å². The minimum atomic E-state index is -0.109. The van der Waals surface area contributed by atoms with Crippen molar-refractivity contribution in [1.29, 1.82) is 0 Å². The monoisotopic (exact) mass is 407 g/mol. The minimum Gasteiger partial charge on any atom is -0.495 e. The Morgan fingerprint density at radius 1 is 1.10 bits per heavy atom. The number of carbonyl (C=O) groups is 1. The van der Waals surface area contributed by atoms with Gasteiger partial charge in [-0.2, -0.15) is 14.6 Å². The number of rotatable bonds is 3. The number of hydrogen-bond acceptors (Lipinski definition) is 6. The third-order valence-electron chi connectivity index (χ3n) is 5.89. The molecule has 0 spiro atoms. The largest absolute Gasteiger partial charge is 0.495 e. The van der Waals surface area contributed by atoms with E-state index in [9.17, 15) is 4.79 Å². The summed E-state index contributed by atoms with van der Waals surface area (Å²) in [5.41, 5.74) is 3.11. The molecular formula is C21H25N7O2. The zero-order valence-corrected chi connectivity index (χ0v) is 17.0. The zero-order valence-electron chi connectivity index (χ0n) is 17.0. The van der Waals surface area contributed by atoms with Crippen molar-refractivity contribution < 1.29 is 9.53 Å². The molecule has 2 amide bonds. The molecule has 1 saturated heterocycles. The average molecular weight is 407 g/mol. The van der Waals surface area contributed by atoms with Crippen LogP contribution in [0.25, 0.3) is 5.78 Å². The predicted octanol–water partition coefficient (Wildman–Crippen LogP) is 2.37. The highest BCUT2D eigenvalue weighted by molar-refractivity contribution is 5.91. The molecule has 0 radical (unpaired) electrons. The van der Waals surface area contributed by atoms with Crippen molar-refractivity contribution in [1.82, 2.24) is 24.5 Å². The molecule has 1 aliphatic carbocycles. The van der Waals surface area contributed by atoms with E-state index in [0.717, 1.165) is 37.4 Å². The van der Waals surface area contributed by atoms with Crippen LogP contribution in [0.1, 0.15) is 24.1 Å². The molecule has 1 aliphatic heterocycles. The second kappa shape index (κ2) is 7.81. The summed E-state index contributed by atoms with van der Waals surface area (Å²) in [7, 11) is 1.60. The molecule has 1 aromatic carbocycles. The van der Waals surface area contributed by atoms with E-state index in [1.165, 1.54) is 18.4 Å². The SMILES string of the molecule is COc1ccccc1NC(=O)N1CCN(c2c3c(nc4ncnn24)CCCC3)CC1. The Morgan fingerprint density at radius 3 is 2.73 bits per heavy atom. The summed E-state index contributed by atoms with van der Waals surface area (Å²) in [5, 5.41) is 7.39. The van der Waals surface area contributed by atoms with Crippen LogP contribution >= 0.6 is 0 Å². The van der Waals surface area contributed by atoms with Gasteiger partial charge in [-0.15, -0.1) is 0 Å². The van der Waals surface area contributed by atoms with Gasteiger partial charge in [0, 0.05) is 31.7 Å². The molecule has 2 aliphatic rings. The maximum atomic E-state index is 12.8. The maximum absolute atomic E-state index is 12.8. The summed E-state index contributed by atoms with van der Waals surface area (Å²) < 4.78 is 7.19. The second-order valence-corrected chi connectivity index (χ2v) is 7.64. The summed E-state index contributed by atoms with van der Waals surface area (Å²) >= 11 is 0. The van der Waals surface area contributed by atoms with Gasteiger partial charge in [-0.1, -0.05) is 12.1 Å². The van der Waals surface area contributed by atoms with Gasteiger partial charge in [-0.05, 0) is 37.8 Å². The lowest BCUT2D eigenvalue weighted by Gasteiger charge is -2.37. The molecule has 2 aromatic heterocycles. The quantitative estimate of drug-likeness (QED) is 0.717. The summed E-state index contributed by atoms with van der Waals surface area (Å²) in [5.74, 6) is 2.40. The molecular weight excluding hydrogens is 382 g/mol. The predicted molar refractivity (Wildman–Crippen MR) is 113 cm³/mol. The maximum Gasteiger partial charge on any atom is 0.322 e. The first-order valence-electron chi connectivity index (χ1n) is 10.4. The van der Waals surface area contributed by atoms with Crippen LogP contribution in [0.15, 0.2) is 30.6 Å². The van der Waals surface area contributed by atoms with Crippen LogP contribution in [0.3, 0.4) is 0 Å². The number of urea groups is 1. The van der Waals surface area contributed by atoms with Gasteiger partial charge in [0.1, 0.15) is 17.9 Å². The Bertz CT molecular complexity index is 1070. The van der Waals surface area contributed by atoms with Gasteiger partial charge in [-0.3, -0.25) is 0 Å². The number of amides is 2. The molecule has 3 aromatic rings. The van der Waals surface area contributed by atoms with Gasteiger partial charge in [0.05, 0.1) is 18.5 Å². The second-order valence-electron chi connectivity index (χ2n) is 7.64. The van der Waals surface area contributed by atoms with Crippen LogP contribution in [0.2, 0.25) is 0 Å². The normalized spacial score (nSPS) is 16.4. The number of hydrogen-bond donors (Lipinski definition) is 1. The molecule has 3 heterocycles. The van der Waals surface area contributed by atoms with E-state index < -0.39 is 0 Å². The number of fused-ring (bicyclic) bond motifs is 2. The number of nitrogens with zero attached hydrogens (tertiary/aromatic N) is 6. The molecule has 5 rings (SSSR count). The van der Waals surface area contributed by atoms with E-state index in [2.05, 4.69) is 20.3 Å².